The molecule has 4 heteroatoms. The van der Waals surface area contributed by atoms with Gasteiger partial charge in [0.15, 0.2) is 0 Å². The van der Waals surface area contributed by atoms with Gasteiger partial charge in [0.2, 0.25) is 5.69 Å². The Morgan fingerprint density at radius 2 is 1.74 bits per heavy atom. The van der Waals surface area contributed by atoms with E-state index in [1.807, 2.05) is 13.1 Å². The number of benzene rings is 2. The van der Waals surface area contributed by atoms with Crippen LogP contribution in [0.5, 0.6) is 0 Å². The number of rotatable bonds is 1. The van der Waals surface area contributed by atoms with Gasteiger partial charge < -0.3 is 9.80 Å². The van der Waals surface area contributed by atoms with E-state index in [1.54, 1.807) is 12.1 Å². The fourth-order valence-electron chi connectivity index (χ4n) is 3.38. The molecule has 0 aliphatic carbocycles. The van der Waals surface area contributed by atoms with Crippen molar-refractivity contribution in [2.24, 2.45) is 0 Å². The number of nitrogens with zero attached hydrogens (tertiary/aromatic N) is 4. The first-order valence-corrected chi connectivity index (χ1v) is 7.54. The van der Waals surface area contributed by atoms with E-state index in [2.05, 4.69) is 53.6 Å². The molecule has 114 valence electrons. The predicted molar refractivity (Wildman–Crippen MR) is 93.3 cm³/mol. The van der Waals surface area contributed by atoms with E-state index >= 15 is 0 Å². The third-order valence-corrected chi connectivity index (χ3v) is 4.58. The maximum absolute atomic E-state index is 9.46. The zero-order chi connectivity index (χ0) is 16.7. The second-order valence-corrected chi connectivity index (χ2v) is 5.91. The first kappa shape index (κ1) is 14.9. The number of nitriles is 1. The molecule has 0 N–H and O–H groups in total. The van der Waals surface area contributed by atoms with E-state index in [0.717, 1.165) is 28.2 Å². The number of fused-ring (bicyclic) bond motifs is 1. The number of para-hydroxylation sites is 1. The average Bonchev–Trinajstić information content (AvgIpc) is 2.80. The smallest absolute Gasteiger partial charge is 0.212 e. The molecule has 1 aliphatic heterocycles. The zero-order valence-electron chi connectivity index (χ0n) is 13.8. The molecule has 3 rings (SSSR count). The molecule has 0 amide bonds. The van der Waals surface area contributed by atoms with Crippen LogP contribution in [-0.4, -0.2) is 13.2 Å². The summed E-state index contributed by atoms with van der Waals surface area (Å²) in [6, 6.07) is 12.0. The van der Waals surface area contributed by atoms with Crippen LogP contribution in [0.4, 0.5) is 22.7 Å². The monoisotopic (exact) mass is 302 g/mol. The lowest BCUT2D eigenvalue weighted by Gasteiger charge is -2.30. The normalized spacial score (nSPS) is 16.0. The Morgan fingerprint density at radius 3 is 2.30 bits per heavy atom. The van der Waals surface area contributed by atoms with Crippen molar-refractivity contribution in [1.29, 1.82) is 5.26 Å². The highest BCUT2D eigenvalue weighted by atomic mass is 15.4. The van der Waals surface area contributed by atoms with Gasteiger partial charge in [-0.3, -0.25) is 0 Å². The molecule has 1 aliphatic rings. The van der Waals surface area contributed by atoms with Crippen LogP contribution in [0.15, 0.2) is 30.3 Å². The van der Waals surface area contributed by atoms with Gasteiger partial charge in [0.05, 0.1) is 23.5 Å². The van der Waals surface area contributed by atoms with Gasteiger partial charge in [-0.25, -0.2) is 4.85 Å². The van der Waals surface area contributed by atoms with Gasteiger partial charge in [0, 0.05) is 12.7 Å². The van der Waals surface area contributed by atoms with Gasteiger partial charge in [0.25, 0.3) is 0 Å². The second kappa shape index (κ2) is 5.34. The topological polar surface area (TPSA) is 34.6 Å². The summed E-state index contributed by atoms with van der Waals surface area (Å²) in [5.41, 5.74) is 6.31. The summed E-state index contributed by atoms with van der Waals surface area (Å²) in [6.45, 7) is 13.8. The minimum absolute atomic E-state index is 0.0415. The lowest BCUT2D eigenvalue weighted by molar-refractivity contribution is 0.731. The quantitative estimate of drug-likeness (QED) is 0.719. The van der Waals surface area contributed by atoms with E-state index in [0.29, 0.717) is 11.3 Å². The third kappa shape index (κ3) is 2.04. The van der Waals surface area contributed by atoms with Crippen molar-refractivity contribution < 1.29 is 0 Å². The summed E-state index contributed by atoms with van der Waals surface area (Å²) in [6.07, 6.45) is 0.0415. The Bertz CT molecular complexity index is 850. The van der Waals surface area contributed by atoms with E-state index in [-0.39, 0.29) is 6.17 Å². The maximum atomic E-state index is 9.46. The van der Waals surface area contributed by atoms with E-state index in [1.165, 1.54) is 0 Å². The first-order chi connectivity index (χ1) is 11.0. The van der Waals surface area contributed by atoms with E-state index in [9.17, 15) is 5.26 Å². The molecule has 2 aromatic rings. The molecule has 1 atom stereocenters. The van der Waals surface area contributed by atoms with Crippen molar-refractivity contribution in [3.8, 4) is 6.07 Å². The Balaban J connectivity index is 2.37. The maximum Gasteiger partial charge on any atom is 0.212 e. The summed E-state index contributed by atoms with van der Waals surface area (Å²) in [5, 5.41) is 9.46. The Labute approximate surface area is 137 Å². The van der Waals surface area contributed by atoms with Crippen LogP contribution in [0.1, 0.15) is 23.6 Å². The number of hydrogen-bond donors (Lipinski definition) is 0. The van der Waals surface area contributed by atoms with Crippen LogP contribution in [-0.2, 0) is 0 Å². The molecule has 0 radical (unpaired) electrons. The highest BCUT2D eigenvalue weighted by molar-refractivity contribution is 5.96. The molecule has 23 heavy (non-hydrogen) atoms. The lowest BCUT2D eigenvalue weighted by Crippen LogP contribution is -2.36. The molecule has 0 bridgehead atoms. The van der Waals surface area contributed by atoms with E-state index in [4.69, 9.17) is 6.57 Å². The van der Waals surface area contributed by atoms with Crippen molar-refractivity contribution in [3.05, 3.63) is 58.4 Å². The van der Waals surface area contributed by atoms with Gasteiger partial charge in [-0.2, -0.15) is 5.26 Å². The van der Waals surface area contributed by atoms with Gasteiger partial charge >= 0.3 is 0 Å². The summed E-state index contributed by atoms with van der Waals surface area (Å²) in [4.78, 5) is 7.96. The van der Waals surface area contributed by atoms with Crippen LogP contribution in [0.2, 0.25) is 0 Å². The van der Waals surface area contributed by atoms with Crippen LogP contribution < -0.4 is 9.80 Å². The minimum atomic E-state index is 0.0415. The van der Waals surface area contributed by atoms with Crippen molar-refractivity contribution in [3.63, 3.8) is 0 Å². The van der Waals surface area contributed by atoms with Crippen molar-refractivity contribution in [1.82, 2.24) is 0 Å². The molecule has 0 aromatic heterocycles. The average molecular weight is 302 g/mol. The van der Waals surface area contributed by atoms with Crippen molar-refractivity contribution in [2.75, 3.05) is 16.8 Å². The summed E-state index contributed by atoms with van der Waals surface area (Å²) >= 11 is 0. The number of anilines is 3. The standard InChI is InChI=1S/C19H18N4/c1-12-7-6-8-13(2)17(12)23-14(3)22(5)18-15(11-20)9-10-16(21-4)19(18)23/h6-10,14H,1-3,5H3/t14-/m0/s1. The summed E-state index contributed by atoms with van der Waals surface area (Å²) in [5.74, 6) is 0. The number of aryl methyl sites for hydroxylation is 2. The largest absolute Gasteiger partial charge is 0.353 e. The molecule has 0 unspecified atom stereocenters. The Hall–Kier alpha value is -2.98. The summed E-state index contributed by atoms with van der Waals surface area (Å²) < 4.78 is 0. The van der Waals surface area contributed by atoms with Gasteiger partial charge in [0.1, 0.15) is 12.2 Å². The second-order valence-electron chi connectivity index (χ2n) is 5.91. The molecule has 0 saturated heterocycles. The zero-order valence-corrected chi connectivity index (χ0v) is 13.8. The van der Waals surface area contributed by atoms with Gasteiger partial charge in [-0.15, -0.1) is 0 Å². The molecule has 2 aromatic carbocycles. The minimum Gasteiger partial charge on any atom is -0.353 e. The Morgan fingerprint density at radius 1 is 1.09 bits per heavy atom. The third-order valence-electron chi connectivity index (χ3n) is 4.58. The van der Waals surface area contributed by atoms with Crippen LogP contribution >= 0.6 is 0 Å². The lowest BCUT2D eigenvalue weighted by atomic mass is 10.1. The fourth-order valence-corrected chi connectivity index (χ4v) is 3.38. The van der Waals surface area contributed by atoms with Gasteiger partial charge in [-0.1, -0.05) is 30.3 Å². The molecule has 4 nitrogen and oxygen atoms in total. The molecule has 0 saturated carbocycles. The molecule has 1 heterocycles. The molecule has 0 fully saturated rings. The van der Waals surface area contributed by atoms with Crippen LogP contribution in [0, 0.1) is 31.8 Å². The first-order valence-electron chi connectivity index (χ1n) is 7.54. The van der Waals surface area contributed by atoms with Gasteiger partial charge in [-0.05, 0) is 31.9 Å². The van der Waals surface area contributed by atoms with E-state index < -0.39 is 0 Å². The summed E-state index contributed by atoms with van der Waals surface area (Å²) in [7, 11) is 1.98. The molecule has 0 spiro atoms. The predicted octanol–water partition coefficient (Wildman–Crippen LogP) is 4.66. The SMILES string of the molecule is [C-]#[N+]c1ccc(C#N)c2c1N(c1c(C)cccc1C)[C@@H](C)N2C. The number of hydrogen-bond acceptors (Lipinski definition) is 3. The van der Waals surface area contributed by atoms with Crippen molar-refractivity contribution >= 4 is 22.7 Å². The highest BCUT2D eigenvalue weighted by Crippen LogP contribution is 2.51. The Kier molecular flexibility index (Phi) is 3.47. The molecular formula is C19H18N4. The van der Waals surface area contributed by atoms with Crippen LogP contribution in [0.25, 0.3) is 4.85 Å². The highest BCUT2D eigenvalue weighted by Gasteiger charge is 2.36. The van der Waals surface area contributed by atoms with Crippen LogP contribution in [0.3, 0.4) is 0 Å². The fraction of sp³-hybridized carbons (Fsp3) is 0.263. The van der Waals surface area contributed by atoms with Crippen molar-refractivity contribution in [2.45, 2.75) is 26.9 Å². The molecular weight excluding hydrogens is 284 g/mol.